The Kier molecular flexibility index (Phi) is 25.1. The Morgan fingerprint density at radius 2 is 0.642 bits per heavy atom. The molecule has 8 nitrogen and oxygen atoms in total. The number of ether oxygens (including phenoxy) is 4. The Morgan fingerprint density at radius 1 is 0.377 bits per heavy atom. The maximum Gasteiger partial charge on any atom is 0.312 e. The second kappa shape index (κ2) is 23.1. The van der Waals surface area contributed by atoms with E-state index in [0.717, 1.165) is 44.9 Å². The van der Waals surface area contributed by atoms with E-state index in [1.165, 1.54) is 0 Å². The average Bonchev–Trinajstić information content (AvgIpc) is 3.04. The van der Waals surface area contributed by atoms with Crippen molar-refractivity contribution in [3.8, 4) is 0 Å². The van der Waals surface area contributed by atoms with E-state index in [2.05, 4.69) is 27.7 Å². The molecule has 0 aliphatic heterocycles. The average molecular weight is 759 g/mol. The molecule has 0 spiro atoms. The normalized spacial score (nSPS) is 12.9. The Bertz CT molecular complexity index is 1050. The number of carbonyl (C=O) groups excluding carboxylic acids is 4. The van der Waals surface area contributed by atoms with Crippen LogP contribution in [0.5, 0.6) is 0 Å². The van der Waals surface area contributed by atoms with Crippen LogP contribution in [0.4, 0.5) is 0 Å². The lowest BCUT2D eigenvalue weighted by molar-refractivity contribution is -0.172. The molecular weight excluding hydrogens is 668 g/mol. The number of rotatable bonds is 15. The van der Waals surface area contributed by atoms with Crippen molar-refractivity contribution >= 4 is 23.9 Å². The summed E-state index contributed by atoms with van der Waals surface area (Å²) in [4.78, 5) is 46.7. The molecule has 0 aliphatic carbocycles. The van der Waals surface area contributed by atoms with Gasteiger partial charge in [-0.2, -0.15) is 0 Å². The molecule has 0 aromatic rings. The first-order chi connectivity index (χ1) is 23.4. The van der Waals surface area contributed by atoms with Gasteiger partial charge in [-0.05, 0) is 162 Å². The summed E-state index contributed by atoms with van der Waals surface area (Å²) in [7, 11) is 0. The summed E-state index contributed by atoms with van der Waals surface area (Å²) in [6.45, 7) is 49.1. The molecule has 0 aromatic carbocycles. The zero-order valence-corrected chi connectivity index (χ0v) is 39.8. The highest BCUT2D eigenvalue weighted by atomic mass is 16.6. The molecule has 0 amide bonds. The molecule has 318 valence electrons. The van der Waals surface area contributed by atoms with Crippen molar-refractivity contribution in [1.29, 1.82) is 0 Å². The summed E-state index contributed by atoms with van der Waals surface area (Å²) in [5, 5.41) is 0. The first-order valence-corrected chi connectivity index (χ1v) is 20.3. The molecule has 8 heteroatoms. The van der Waals surface area contributed by atoms with Gasteiger partial charge in [0.15, 0.2) is 0 Å². The van der Waals surface area contributed by atoms with Crippen molar-refractivity contribution < 1.29 is 38.1 Å². The lowest BCUT2D eigenvalue weighted by Crippen LogP contribution is -2.38. The van der Waals surface area contributed by atoms with Crippen LogP contribution < -0.4 is 0 Å². The van der Waals surface area contributed by atoms with Gasteiger partial charge in [0.05, 0.1) is 21.7 Å². The lowest BCUT2D eigenvalue weighted by atomic mass is 9.89. The van der Waals surface area contributed by atoms with Gasteiger partial charge >= 0.3 is 23.9 Å². The van der Waals surface area contributed by atoms with Gasteiger partial charge in [0, 0.05) is 0 Å². The minimum atomic E-state index is -0.372. The zero-order valence-electron chi connectivity index (χ0n) is 39.8. The van der Waals surface area contributed by atoms with Crippen molar-refractivity contribution in [1.82, 2.24) is 0 Å². The van der Waals surface area contributed by atoms with Crippen LogP contribution in [-0.4, -0.2) is 46.3 Å². The smallest absolute Gasteiger partial charge is 0.312 e. The van der Waals surface area contributed by atoms with Gasteiger partial charge in [0.1, 0.15) is 22.4 Å². The highest BCUT2D eigenvalue weighted by Crippen LogP contribution is 2.30. The van der Waals surface area contributed by atoms with E-state index in [-0.39, 0.29) is 67.9 Å². The molecule has 0 saturated heterocycles. The SMILES string of the molecule is CCC(C)(C)C(=O)OC(C)(C)C.CCC(C)(C)C(=O)OC(C)(C)C(C)C.CCC(C)(C)OC(=O)C(C)(C)CC.CCC(C)(CC)OC(=O)C(C)(C)CC. The minimum Gasteiger partial charge on any atom is -0.460 e. The first-order valence-electron chi connectivity index (χ1n) is 20.3. The second-order valence-electron chi connectivity index (χ2n) is 19.6. The molecular formula is C45H90O8. The van der Waals surface area contributed by atoms with E-state index >= 15 is 0 Å². The third-order valence-corrected chi connectivity index (χ3v) is 10.9. The Balaban J connectivity index is -0.000000303. The van der Waals surface area contributed by atoms with Gasteiger partial charge in [-0.25, -0.2) is 0 Å². The van der Waals surface area contributed by atoms with E-state index in [1.54, 1.807) is 0 Å². The molecule has 0 atom stereocenters. The Hall–Kier alpha value is -2.12. The van der Waals surface area contributed by atoms with E-state index in [1.807, 2.05) is 145 Å². The van der Waals surface area contributed by atoms with Gasteiger partial charge in [0.25, 0.3) is 0 Å². The maximum absolute atomic E-state index is 11.8. The highest BCUT2D eigenvalue weighted by Gasteiger charge is 2.36. The number of carbonyl (C=O) groups is 4. The number of esters is 4. The predicted octanol–water partition coefficient (Wildman–Crippen LogP) is 12.9. The van der Waals surface area contributed by atoms with E-state index in [4.69, 9.17) is 18.9 Å². The molecule has 0 rings (SSSR count). The van der Waals surface area contributed by atoms with Gasteiger partial charge in [-0.15, -0.1) is 0 Å². The van der Waals surface area contributed by atoms with E-state index < -0.39 is 0 Å². The van der Waals surface area contributed by atoms with Crippen molar-refractivity contribution in [3.63, 3.8) is 0 Å². The standard InChI is InChI=1S/2C12H24O2.C11H22O2.C10H20O2/c1-8-11(4,5)10(13)14-12(6,7)9(2)3;1-7-11(4,5)10(13)14-12(6,8-2)9-3;1-7-10(3,4)9(12)13-11(5,6)8-2;1-7-10(5,6)8(11)12-9(2,3)4/h9H,8H2,1-7H3;7-9H2,1-6H3;7-8H2,1-6H3;7H2,1-6H3. The van der Waals surface area contributed by atoms with Crippen molar-refractivity contribution in [2.75, 3.05) is 0 Å². The number of hydrogen-bond donors (Lipinski definition) is 0. The van der Waals surface area contributed by atoms with Crippen molar-refractivity contribution in [3.05, 3.63) is 0 Å². The number of hydrogen-bond acceptors (Lipinski definition) is 8. The molecule has 0 fully saturated rings. The Labute approximate surface area is 329 Å². The molecule has 0 bridgehead atoms. The van der Waals surface area contributed by atoms with Crippen molar-refractivity contribution in [2.45, 2.75) is 240 Å². The third-order valence-electron chi connectivity index (χ3n) is 10.9. The molecule has 0 N–H and O–H groups in total. The Morgan fingerprint density at radius 3 is 0.868 bits per heavy atom. The molecule has 0 saturated carbocycles. The first kappa shape index (κ1) is 57.6. The molecule has 0 unspecified atom stereocenters. The van der Waals surface area contributed by atoms with Gasteiger partial charge < -0.3 is 18.9 Å². The summed E-state index contributed by atoms with van der Waals surface area (Å²) in [6.07, 6.45) is 5.82. The summed E-state index contributed by atoms with van der Waals surface area (Å²) in [5.41, 5.74) is -2.79. The van der Waals surface area contributed by atoms with Crippen LogP contribution in [0.25, 0.3) is 0 Å². The second-order valence-corrected chi connectivity index (χ2v) is 19.6. The van der Waals surface area contributed by atoms with Crippen LogP contribution in [0, 0.1) is 27.6 Å². The van der Waals surface area contributed by atoms with E-state index in [9.17, 15) is 19.2 Å². The van der Waals surface area contributed by atoms with E-state index in [0.29, 0.717) is 5.92 Å². The summed E-state index contributed by atoms with van der Waals surface area (Å²) in [6, 6.07) is 0. The monoisotopic (exact) mass is 759 g/mol. The van der Waals surface area contributed by atoms with Gasteiger partial charge in [0.2, 0.25) is 0 Å². The lowest BCUT2D eigenvalue weighted by Gasteiger charge is -2.33. The van der Waals surface area contributed by atoms with Gasteiger partial charge in [-0.1, -0.05) is 62.3 Å². The highest BCUT2D eigenvalue weighted by molar-refractivity contribution is 5.77. The maximum atomic E-state index is 11.8. The van der Waals surface area contributed by atoms with Crippen LogP contribution >= 0.6 is 0 Å². The summed E-state index contributed by atoms with van der Waals surface area (Å²) < 4.78 is 21.7. The predicted molar refractivity (Wildman–Crippen MR) is 223 cm³/mol. The van der Waals surface area contributed by atoms with Crippen LogP contribution in [0.1, 0.15) is 218 Å². The van der Waals surface area contributed by atoms with Crippen molar-refractivity contribution in [2.24, 2.45) is 27.6 Å². The third kappa shape index (κ3) is 24.1. The zero-order chi connectivity index (χ0) is 43.7. The molecule has 0 aliphatic rings. The molecule has 53 heavy (non-hydrogen) atoms. The van der Waals surface area contributed by atoms with Gasteiger partial charge in [-0.3, -0.25) is 19.2 Å². The topological polar surface area (TPSA) is 105 Å². The molecule has 0 aromatic heterocycles. The van der Waals surface area contributed by atoms with Crippen LogP contribution in [0.15, 0.2) is 0 Å². The summed E-state index contributed by atoms with van der Waals surface area (Å²) in [5.74, 6) is -0.0524. The van der Waals surface area contributed by atoms with Crippen LogP contribution in [0.3, 0.4) is 0 Å². The quantitative estimate of drug-likeness (QED) is 0.120. The van der Waals surface area contributed by atoms with Crippen LogP contribution in [-0.2, 0) is 38.1 Å². The fourth-order valence-corrected chi connectivity index (χ4v) is 2.71. The fourth-order valence-electron chi connectivity index (χ4n) is 2.71. The molecule has 0 heterocycles. The minimum absolute atomic E-state index is 0.0776. The van der Waals surface area contributed by atoms with Crippen LogP contribution in [0.2, 0.25) is 0 Å². The summed E-state index contributed by atoms with van der Waals surface area (Å²) >= 11 is 0. The largest absolute Gasteiger partial charge is 0.460 e. The molecule has 0 radical (unpaired) electrons. The fraction of sp³-hybridized carbons (Fsp3) is 0.911.